The van der Waals surface area contributed by atoms with E-state index < -0.39 is 0 Å². The van der Waals surface area contributed by atoms with Crippen molar-refractivity contribution in [2.75, 3.05) is 11.9 Å². The second kappa shape index (κ2) is 4.46. The van der Waals surface area contributed by atoms with Gasteiger partial charge in [0, 0.05) is 18.9 Å². The van der Waals surface area contributed by atoms with E-state index in [1.165, 1.54) is 0 Å². The summed E-state index contributed by atoms with van der Waals surface area (Å²) in [6.07, 6.45) is 3.73. The van der Waals surface area contributed by atoms with Crippen LogP contribution in [0.25, 0.3) is 5.52 Å². The fourth-order valence-corrected chi connectivity index (χ4v) is 3.40. The monoisotopic (exact) mass is 286 g/mol. The van der Waals surface area contributed by atoms with Gasteiger partial charge in [-0.3, -0.25) is 0 Å². The molecule has 2 heterocycles. The molecule has 0 aromatic carbocycles. The average Bonchev–Trinajstić information content (AvgIpc) is 2.76. The maximum absolute atomic E-state index is 4.61. The average molecular weight is 286 g/mol. The van der Waals surface area contributed by atoms with E-state index in [9.17, 15) is 0 Å². The first-order valence-electron chi connectivity index (χ1n) is 7.83. The van der Waals surface area contributed by atoms with Crippen molar-refractivity contribution in [1.82, 2.24) is 14.6 Å². The molecule has 0 amide bonds. The van der Waals surface area contributed by atoms with E-state index in [1.807, 2.05) is 16.9 Å². The summed E-state index contributed by atoms with van der Waals surface area (Å²) in [6, 6.07) is 2.14. The molecule has 114 valence electrons. The number of nitrogens with one attached hydrogen (secondary N) is 1. The van der Waals surface area contributed by atoms with Crippen molar-refractivity contribution in [3.63, 3.8) is 0 Å². The number of fused-ring (bicyclic) bond motifs is 1. The van der Waals surface area contributed by atoms with Gasteiger partial charge >= 0.3 is 0 Å². The summed E-state index contributed by atoms with van der Waals surface area (Å²) in [4.78, 5) is 4.50. The topological polar surface area (TPSA) is 42.2 Å². The molecule has 0 saturated heterocycles. The van der Waals surface area contributed by atoms with Crippen LogP contribution in [0.4, 0.5) is 5.82 Å². The van der Waals surface area contributed by atoms with Gasteiger partial charge in [-0.25, -0.2) is 9.50 Å². The molecule has 0 radical (unpaired) electrons. The minimum Gasteiger partial charge on any atom is -0.368 e. The molecule has 2 aromatic heterocycles. The van der Waals surface area contributed by atoms with Crippen LogP contribution in [-0.4, -0.2) is 21.1 Å². The molecule has 1 saturated carbocycles. The highest BCUT2D eigenvalue weighted by molar-refractivity contribution is 5.68. The Morgan fingerprint density at radius 2 is 1.90 bits per heavy atom. The molecule has 3 rings (SSSR count). The normalized spacial score (nSPS) is 20.1. The van der Waals surface area contributed by atoms with E-state index >= 15 is 0 Å². The van der Waals surface area contributed by atoms with Gasteiger partial charge in [0.2, 0.25) is 0 Å². The van der Waals surface area contributed by atoms with Crippen LogP contribution in [0, 0.1) is 16.7 Å². The van der Waals surface area contributed by atoms with Gasteiger partial charge < -0.3 is 5.32 Å². The van der Waals surface area contributed by atoms with Gasteiger partial charge in [-0.15, -0.1) is 0 Å². The predicted molar refractivity (Wildman–Crippen MR) is 86.6 cm³/mol. The molecule has 1 fully saturated rings. The van der Waals surface area contributed by atoms with Crippen molar-refractivity contribution in [3.05, 3.63) is 24.2 Å². The van der Waals surface area contributed by atoms with Gasteiger partial charge in [0.25, 0.3) is 0 Å². The van der Waals surface area contributed by atoms with Crippen LogP contribution >= 0.6 is 0 Å². The third kappa shape index (κ3) is 2.12. The SMILES string of the molecule is CC(C)c1cc2c(NCC3C(C)(C)C3(C)C)nccn2n1. The lowest BCUT2D eigenvalue weighted by atomic mass is 10.0. The van der Waals surface area contributed by atoms with Crippen LogP contribution in [0.5, 0.6) is 0 Å². The van der Waals surface area contributed by atoms with Crippen molar-refractivity contribution < 1.29 is 0 Å². The van der Waals surface area contributed by atoms with Crippen LogP contribution in [0.2, 0.25) is 0 Å². The molecule has 1 aliphatic rings. The molecule has 1 N–H and O–H groups in total. The second-order valence-corrected chi connectivity index (χ2v) is 7.71. The smallest absolute Gasteiger partial charge is 0.152 e. The highest BCUT2D eigenvalue weighted by Crippen LogP contribution is 2.68. The van der Waals surface area contributed by atoms with Crippen LogP contribution in [0.1, 0.15) is 53.2 Å². The Morgan fingerprint density at radius 3 is 2.48 bits per heavy atom. The minimum atomic E-state index is 0.397. The first-order valence-corrected chi connectivity index (χ1v) is 7.83. The van der Waals surface area contributed by atoms with Crippen LogP contribution in [0.3, 0.4) is 0 Å². The van der Waals surface area contributed by atoms with Gasteiger partial charge in [-0.2, -0.15) is 5.10 Å². The zero-order valence-electron chi connectivity index (χ0n) is 13.9. The largest absolute Gasteiger partial charge is 0.368 e. The molecular formula is C17H26N4. The lowest BCUT2D eigenvalue weighted by Crippen LogP contribution is -2.10. The molecular weight excluding hydrogens is 260 g/mol. The third-order valence-corrected chi connectivity index (χ3v) is 5.79. The van der Waals surface area contributed by atoms with Crippen molar-refractivity contribution in [2.45, 2.75) is 47.5 Å². The number of hydrogen-bond acceptors (Lipinski definition) is 3. The number of aromatic nitrogens is 3. The Balaban J connectivity index is 1.82. The van der Waals surface area contributed by atoms with Crippen molar-refractivity contribution in [2.24, 2.45) is 16.7 Å². The summed E-state index contributed by atoms with van der Waals surface area (Å²) < 4.78 is 1.92. The first kappa shape index (κ1) is 14.4. The van der Waals surface area contributed by atoms with E-state index in [4.69, 9.17) is 0 Å². The van der Waals surface area contributed by atoms with Gasteiger partial charge in [-0.1, -0.05) is 41.5 Å². The zero-order chi connectivity index (χ0) is 15.4. The number of hydrogen-bond donors (Lipinski definition) is 1. The number of rotatable bonds is 4. The van der Waals surface area contributed by atoms with Crippen molar-refractivity contribution in [3.8, 4) is 0 Å². The maximum Gasteiger partial charge on any atom is 0.152 e. The number of anilines is 1. The van der Waals surface area contributed by atoms with E-state index in [-0.39, 0.29) is 0 Å². The van der Waals surface area contributed by atoms with Crippen molar-refractivity contribution >= 4 is 11.3 Å². The molecule has 2 aromatic rings. The van der Waals surface area contributed by atoms with E-state index in [1.54, 1.807) is 0 Å². The molecule has 0 spiro atoms. The predicted octanol–water partition coefficient (Wildman–Crippen LogP) is 3.95. The standard InChI is InChI=1S/C17H26N4/c1-11(2)12-9-13-15(18-7-8-21(13)20-12)19-10-14-16(3,4)17(14,5)6/h7-9,11,14H,10H2,1-6H3,(H,18,19). The zero-order valence-corrected chi connectivity index (χ0v) is 13.9. The summed E-state index contributed by atoms with van der Waals surface area (Å²) >= 11 is 0. The summed E-state index contributed by atoms with van der Waals surface area (Å²) in [5.41, 5.74) is 2.97. The molecule has 0 atom stereocenters. The van der Waals surface area contributed by atoms with Crippen molar-refractivity contribution in [1.29, 1.82) is 0 Å². The fraction of sp³-hybridized carbons (Fsp3) is 0.647. The van der Waals surface area contributed by atoms with Crippen LogP contribution < -0.4 is 5.32 Å². The molecule has 1 aliphatic carbocycles. The van der Waals surface area contributed by atoms with Crippen LogP contribution in [0.15, 0.2) is 18.5 Å². The fourth-order valence-electron chi connectivity index (χ4n) is 3.40. The Morgan fingerprint density at radius 1 is 1.24 bits per heavy atom. The van der Waals surface area contributed by atoms with Crippen LogP contribution in [-0.2, 0) is 0 Å². The third-order valence-electron chi connectivity index (χ3n) is 5.79. The highest BCUT2D eigenvalue weighted by Gasteiger charge is 2.64. The van der Waals surface area contributed by atoms with E-state index in [2.05, 4.69) is 63.0 Å². The highest BCUT2D eigenvalue weighted by atomic mass is 15.2. The lowest BCUT2D eigenvalue weighted by molar-refractivity contribution is 0.457. The van der Waals surface area contributed by atoms with E-state index in [0.29, 0.717) is 22.7 Å². The Kier molecular flexibility index (Phi) is 3.05. The second-order valence-electron chi connectivity index (χ2n) is 7.71. The molecule has 21 heavy (non-hydrogen) atoms. The molecule has 0 aliphatic heterocycles. The van der Waals surface area contributed by atoms with Gasteiger partial charge in [0.1, 0.15) is 5.52 Å². The Bertz CT molecular complexity index is 652. The Labute approximate surface area is 127 Å². The van der Waals surface area contributed by atoms with Gasteiger partial charge in [-0.05, 0) is 28.7 Å². The molecule has 4 nitrogen and oxygen atoms in total. The maximum atomic E-state index is 4.61. The number of nitrogens with zero attached hydrogens (tertiary/aromatic N) is 3. The molecule has 0 unspecified atom stereocenters. The molecule has 0 bridgehead atoms. The van der Waals surface area contributed by atoms with Gasteiger partial charge in [0.15, 0.2) is 5.82 Å². The minimum absolute atomic E-state index is 0.397. The quantitative estimate of drug-likeness (QED) is 0.925. The molecule has 4 heteroatoms. The summed E-state index contributed by atoms with van der Waals surface area (Å²) in [6.45, 7) is 14.7. The summed E-state index contributed by atoms with van der Waals surface area (Å²) in [5, 5.41) is 8.15. The van der Waals surface area contributed by atoms with Gasteiger partial charge in [0.05, 0.1) is 5.69 Å². The lowest BCUT2D eigenvalue weighted by Gasteiger charge is -2.07. The summed E-state index contributed by atoms with van der Waals surface area (Å²) in [5.74, 6) is 2.05. The summed E-state index contributed by atoms with van der Waals surface area (Å²) in [7, 11) is 0. The first-order chi connectivity index (χ1) is 9.75. The van der Waals surface area contributed by atoms with E-state index in [0.717, 1.165) is 23.6 Å². The Hall–Kier alpha value is -1.58.